The monoisotopic (exact) mass is 283 g/mol. The standard InChI is InChI=1S/C12H14BrNO2/c13-10-5-3-4-9(8-10)12(15)14-16-11-6-1-2-7-11/h3-5,8,11H,1-2,6-7H2,(H,14,15). The predicted octanol–water partition coefficient (Wildman–Crippen LogP) is 3.05. The molecule has 4 heteroatoms. The molecular formula is C12H14BrNO2. The molecular weight excluding hydrogens is 270 g/mol. The van der Waals surface area contributed by atoms with Crippen molar-refractivity contribution in [3.63, 3.8) is 0 Å². The SMILES string of the molecule is O=C(NOC1CCCC1)c1cccc(Br)c1. The van der Waals surface area contributed by atoms with Crippen molar-refractivity contribution < 1.29 is 9.63 Å². The first-order valence-corrected chi connectivity index (χ1v) is 6.26. The zero-order valence-corrected chi connectivity index (χ0v) is 10.5. The predicted molar refractivity (Wildman–Crippen MR) is 64.9 cm³/mol. The van der Waals surface area contributed by atoms with Crippen LogP contribution in [0.4, 0.5) is 0 Å². The zero-order valence-electron chi connectivity index (χ0n) is 8.91. The summed E-state index contributed by atoms with van der Waals surface area (Å²) in [4.78, 5) is 17.0. The maximum atomic E-state index is 11.7. The molecule has 1 aromatic rings. The van der Waals surface area contributed by atoms with Crippen molar-refractivity contribution in [2.75, 3.05) is 0 Å². The van der Waals surface area contributed by atoms with Gasteiger partial charge in [-0.15, -0.1) is 0 Å². The smallest absolute Gasteiger partial charge is 0.270 e. The fourth-order valence-electron chi connectivity index (χ4n) is 1.83. The number of amides is 1. The summed E-state index contributed by atoms with van der Waals surface area (Å²) in [7, 11) is 0. The highest BCUT2D eigenvalue weighted by molar-refractivity contribution is 9.10. The van der Waals surface area contributed by atoms with Crippen LogP contribution in [0.5, 0.6) is 0 Å². The van der Waals surface area contributed by atoms with Crippen LogP contribution in [0.25, 0.3) is 0 Å². The van der Waals surface area contributed by atoms with E-state index in [1.54, 1.807) is 12.1 Å². The maximum absolute atomic E-state index is 11.7. The van der Waals surface area contributed by atoms with Gasteiger partial charge in [-0.3, -0.25) is 9.63 Å². The molecule has 2 rings (SSSR count). The van der Waals surface area contributed by atoms with Crippen molar-refractivity contribution in [1.82, 2.24) is 5.48 Å². The molecule has 1 saturated carbocycles. The lowest BCUT2D eigenvalue weighted by Gasteiger charge is -2.11. The van der Waals surface area contributed by atoms with E-state index in [0.29, 0.717) is 5.56 Å². The van der Waals surface area contributed by atoms with E-state index in [2.05, 4.69) is 21.4 Å². The van der Waals surface area contributed by atoms with Crippen molar-refractivity contribution in [2.45, 2.75) is 31.8 Å². The van der Waals surface area contributed by atoms with Crippen molar-refractivity contribution in [3.05, 3.63) is 34.3 Å². The number of rotatable bonds is 3. The van der Waals surface area contributed by atoms with Crippen molar-refractivity contribution in [3.8, 4) is 0 Å². The Morgan fingerprint density at radius 2 is 2.12 bits per heavy atom. The van der Waals surface area contributed by atoms with E-state index >= 15 is 0 Å². The van der Waals surface area contributed by atoms with Crippen LogP contribution in [0, 0.1) is 0 Å². The topological polar surface area (TPSA) is 38.3 Å². The summed E-state index contributed by atoms with van der Waals surface area (Å²) in [6.45, 7) is 0. The largest absolute Gasteiger partial charge is 0.274 e. The molecule has 0 spiro atoms. The van der Waals surface area contributed by atoms with E-state index in [1.165, 1.54) is 12.8 Å². The summed E-state index contributed by atoms with van der Waals surface area (Å²) in [5.41, 5.74) is 3.11. The van der Waals surface area contributed by atoms with Gasteiger partial charge in [0.25, 0.3) is 5.91 Å². The van der Waals surface area contributed by atoms with Gasteiger partial charge >= 0.3 is 0 Å². The van der Waals surface area contributed by atoms with E-state index < -0.39 is 0 Å². The van der Waals surface area contributed by atoms with E-state index in [-0.39, 0.29) is 12.0 Å². The second-order valence-corrected chi connectivity index (χ2v) is 4.88. The summed E-state index contributed by atoms with van der Waals surface area (Å²) in [5.74, 6) is -0.187. The fraction of sp³-hybridized carbons (Fsp3) is 0.417. The third kappa shape index (κ3) is 3.06. The fourth-order valence-corrected chi connectivity index (χ4v) is 2.23. The normalized spacial score (nSPS) is 16.3. The summed E-state index contributed by atoms with van der Waals surface area (Å²) in [6.07, 6.45) is 4.66. The first kappa shape index (κ1) is 11.6. The summed E-state index contributed by atoms with van der Waals surface area (Å²) >= 11 is 3.33. The van der Waals surface area contributed by atoms with Crippen LogP contribution in [-0.2, 0) is 4.84 Å². The van der Waals surface area contributed by atoms with Crippen LogP contribution < -0.4 is 5.48 Å². The number of carbonyl (C=O) groups is 1. The minimum atomic E-state index is -0.187. The number of carbonyl (C=O) groups excluding carboxylic acids is 1. The lowest BCUT2D eigenvalue weighted by Crippen LogP contribution is -2.28. The average molecular weight is 284 g/mol. The molecule has 1 N–H and O–H groups in total. The molecule has 3 nitrogen and oxygen atoms in total. The molecule has 1 amide bonds. The first-order valence-electron chi connectivity index (χ1n) is 5.47. The Balaban J connectivity index is 1.87. The summed E-state index contributed by atoms with van der Waals surface area (Å²) < 4.78 is 0.890. The Labute approximate surface area is 103 Å². The number of hydrogen-bond donors (Lipinski definition) is 1. The lowest BCUT2D eigenvalue weighted by molar-refractivity contribution is -0.0124. The molecule has 1 fully saturated rings. The number of benzene rings is 1. The number of nitrogens with one attached hydrogen (secondary N) is 1. The molecule has 1 aliphatic carbocycles. The first-order chi connectivity index (χ1) is 7.75. The molecule has 86 valence electrons. The highest BCUT2D eigenvalue weighted by Gasteiger charge is 2.17. The molecule has 16 heavy (non-hydrogen) atoms. The van der Waals surface area contributed by atoms with Crippen LogP contribution in [0.15, 0.2) is 28.7 Å². The van der Waals surface area contributed by atoms with Crippen molar-refractivity contribution in [2.24, 2.45) is 0 Å². The summed E-state index contributed by atoms with van der Waals surface area (Å²) in [5, 5.41) is 0. The molecule has 0 aromatic heterocycles. The quantitative estimate of drug-likeness (QED) is 0.866. The highest BCUT2D eigenvalue weighted by Crippen LogP contribution is 2.20. The average Bonchev–Trinajstić information content (AvgIpc) is 2.78. The summed E-state index contributed by atoms with van der Waals surface area (Å²) in [6, 6.07) is 7.24. The van der Waals surface area contributed by atoms with Gasteiger partial charge in [-0.1, -0.05) is 34.8 Å². The van der Waals surface area contributed by atoms with Crippen LogP contribution in [0.1, 0.15) is 36.0 Å². The van der Waals surface area contributed by atoms with Gasteiger partial charge in [-0.2, -0.15) is 0 Å². The van der Waals surface area contributed by atoms with Gasteiger partial charge in [0.2, 0.25) is 0 Å². The van der Waals surface area contributed by atoms with E-state index in [9.17, 15) is 4.79 Å². The van der Waals surface area contributed by atoms with Gasteiger partial charge < -0.3 is 0 Å². The van der Waals surface area contributed by atoms with E-state index in [4.69, 9.17) is 4.84 Å². The maximum Gasteiger partial charge on any atom is 0.274 e. The minimum absolute atomic E-state index is 0.187. The zero-order chi connectivity index (χ0) is 11.4. The van der Waals surface area contributed by atoms with Crippen LogP contribution in [0.2, 0.25) is 0 Å². The molecule has 0 atom stereocenters. The second-order valence-electron chi connectivity index (χ2n) is 3.97. The van der Waals surface area contributed by atoms with Gasteiger partial charge in [0, 0.05) is 10.0 Å². The lowest BCUT2D eigenvalue weighted by atomic mass is 10.2. The Morgan fingerprint density at radius 1 is 1.38 bits per heavy atom. The van der Waals surface area contributed by atoms with E-state index in [1.807, 2.05) is 12.1 Å². The third-order valence-electron chi connectivity index (χ3n) is 2.71. The third-order valence-corrected chi connectivity index (χ3v) is 3.20. The Bertz CT molecular complexity index is 375. The molecule has 0 unspecified atom stereocenters. The van der Waals surface area contributed by atoms with Gasteiger partial charge in [0.05, 0.1) is 6.10 Å². The Hall–Kier alpha value is -0.870. The van der Waals surface area contributed by atoms with Crippen LogP contribution in [-0.4, -0.2) is 12.0 Å². The highest BCUT2D eigenvalue weighted by atomic mass is 79.9. The molecule has 0 radical (unpaired) electrons. The molecule has 0 heterocycles. The van der Waals surface area contributed by atoms with Gasteiger partial charge in [0.15, 0.2) is 0 Å². The molecule has 1 aliphatic rings. The number of halogens is 1. The Morgan fingerprint density at radius 3 is 2.81 bits per heavy atom. The number of hydroxylamine groups is 1. The molecule has 0 aliphatic heterocycles. The van der Waals surface area contributed by atoms with Crippen molar-refractivity contribution >= 4 is 21.8 Å². The minimum Gasteiger partial charge on any atom is -0.270 e. The van der Waals surface area contributed by atoms with Crippen LogP contribution >= 0.6 is 15.9 Å². The molecule has 0 bridgehead atoms. The Kier molecular flexibility index (Phi) is 3.96. The van der Waals surface area contributed by atoms with Gasteiger partial charge in [0.1, 0.15) is 0 Å². The van der Waals surface area contributed by atoms with Gasteiger partial charge in [-0.05, 0) is 31.0 Å². The van der Waals surface area contributed by atoms with E-state index in [0.717, 1.165) is 17.3 Å². The number of hydrogen-bond acceptors (Lipinski definition) is 2. The molecule has 1 aromatic carbocycles. The van der Waals surface area contributed by atoms with Gasteiger partial charge in [-0.25, -0.2) is 5.48 Å². The molecule has 0 saturated heterocycles. The second kappa shape index (κ2) is 5.46. The van der Waals surface area contributed by atoms with Crippen LogP contribution in [0.3, 0.4) is 0 Å². The van der Waals surface area contributed by atoms with Crippen molar-refractivity contribution in [1.29, 1.82) is 0 Å².